The van der Waals surface area contributed by atoms with E-state index in [1.54, 1.807) is 0 Å². The molecule has 54 valence electrons. The summed E-state index contributed by atoms with van der Waals surface area (Å²) >= 11 is 0. The Kier molecular flexibility index (Phi) is 2.46. The lowest BCUT2D eigenvalue weighted by Gasteiger charge is -1.96. The second-order valence-electron chi connectivity index (χ2n) is 2.60. The molecule has 0 amide bonds. The predicted molar refractivity (Wildman–Crippen MR) is 42.7 cm³/mol. The van der Waals surface area contributed by atoms with E-state index in [0.29, 0.717) is 0 Å². The van der Waals surface area contributed by atoms with E-state index < -0.39 is 0 Å². The molecule has 0 aliphatic carbocycles. The molecule has 1 aromatic rings. The average molecular weight is 136 g/mol. The van der Waals surface area contributed by atoms with Crippen LogP contribution in [0.4, 0.5) is 0 Å². The van der Waals surface area contributed by atoms with Crippen LogP contribution in [0, 0.1) is 6.92 Å². The van der Waals surface area contributed by atoms with E-state index in [0.717, 1.165) is 6.54 Å². The lowest BCUT2D eigenvalue weighted by atomic mass is 10.1. The first-order chi connectivity index (χ1) is 4.83. The number of hydrogen-bond donors (Lipinski definition) is 1. The summed E-state index contributed by atoms with van der Waals surface area (Å²) in [4.78, 5) is 0. The molecule has 0 aromatic heterocycles. The zero-order chi connectivity index (χ0) is 7.40. The molecule has 0 fully saturated rings. The van der Waals surface area contributed by atoms with Crippen molar-refractivity contribution in [3.05, 3.63) is 35.4 Å². The largest absolute Gasteiger partial charge is 0.345 e. The fourth-order valence-corrected chi connectivity index (χ4v) is 0.960. The van der Waals surface area contributed by atoms with Gasteiger partial charge in [0.05, 0.1) is 7.05 Å². The van der Waals surface area contributed by atoms with Crippen molar-refractivity contribution in [2.45, 2.75) is 13.5 Å². The molecule has 0 aliphatic rings. The smallest absolute Gasteiger partial charge is 0.101 e. The summed E-state index contributed by atoms with van der Waals surface area (Å²) in [6.45, 7) is 3.19. The van der Waals surface area contributed by atoms with E-state index in [2.05, 4.69) is 43.6 Å². The molecular weight excluding hydrogens is 122 g/mol. The van der Waals surface area contributed by atoms with Gasteiger partial charge in [0, 0.05) is 5.56 Å². The number of quaternary nitrogens is 1. The summed E-state index contributed by atoms with van der Waals surface area (Å²) in [5.41, 5.74) is 2.73. The standard InChI is InChI=1S/C9H13N/c1-8-3-5-9(6-4-8)7-10-2/h3-6,10H,7H2,1-2H3/p+1. The van der Waals surface area contributed by atoms with E-state index >= 15 is 0 Å². The van der Waals surface area contributed by atoms with Gasteiger partial charge >= 0.3 is 0 Å². The summed E-state index contributed by atoms with van der Waals surface area (Å²) in [5.74, 6) is 0. The van der Waals surface area contributed by atoms with Gasteiger partial charge in [0.15, 0.2) is 0 Å². The maximum Gasteiger partial charge on any atom is 0.101 e. The molecule has 0 bridgehead atoms. The number of nitrogens with two attached hydrogens (primary N) is 1. The van der Waals surface area contributed by atoms with Gasteiger partial charge in [-0.2, -0.15) is 0 Å². The molecule has 0 saturated heterocycles. The lowest BCUT2D eigenvalue weighted by molar-refractivity contribution is -0.643. The predicted octanol–water partition coefficient (Wildman–Crippen LogP) is 0.688. The maximum atomic E-state index is 2.18. The first-order valence-corrected chi connectivity index (χ1v) is 3.66. The zero-order valence-electron chi connectivity index (χ0n) is 6.59. The Morgan fingerprint density at radius 2 is 1.80 bits per heavy atom. The van der Waals surface area contributed by atoms with Crippen LogP contribution in [0.15, 0.2) is 24.3 Å². The highest BCUT2D eigenvalue weighted by Gasteiger charge is 1.89. The molecule has 10 heavy (non-hydrogen) atoms. The topological polar surface area (TPSA) is 16.6 Å². The Bertz CT molecular complexity index is 188. The average Bonchev–Trinajstić information content (AvgIpc) is 1.95. The highest BCUT2D eigenvalue weighted by atomic mass is 14.8. The van der Waals surface area contributed by atoms with Crippen LogP contribution in [0.2, 0.25) is 0 Å². The summed E-state index contributed by atoms with van der Waals surface area (Å²) in [7, 11) is 2.08. The van der Waals surface area contributed by atoms with Crippen molar-refractivity contribution in [1.82, 2.24) is 0 Å². The molecule has 1 rings (SSSR count). The third kappa shape index (κ3) is 1.85. The van der Waals surface area contributed by atoms with Gasteiger partial charge in [0.2, 0.25) is 0 Å². The zero-order valence-corrected chi connectivity index (χ0v) is 6.59. The normalized spacial score (nSPS) is 9.80. The van der Waals surface area contributed by atoms with E-state index in [9.17, 15) is 0 Å². The minimum Gasteiger partial charge on any atom is -0.345 e. The fraction of sp³-hybridized carbons (Fsp3) is 0.333. The molecular formula is C9H14N+. The van der Waals surface area contributed by atoms with Gasteiger partial charge in [-0.15, -0.1) is 0 Å². The molecule has 0 heterocycles. The molecule has 0 unspecified atom stereocenters. The van der Waals surface area contributed by atoms with Crippen LogP contribution in [0.3, 0.4) is 0 Å². The third-order valence-corrected chi connectivity index (χ3v) is 1.56. The summed E-state index contributed by atoms with van der Waals surface area (Å²) in [6, 6.07) is 8.66. The van der Waals surface area contributed by atoms with Gasteiger partial charge in [0.25, 0.3) is 0 Å². The van der Waals surface area contributed by atoms with Crippen molar-refractivity contribution in [2.24, 2.45) is 0 Å². The van der Waals surface area contributed by atoms with Gasteiger partial charge in [-0.05, 0) is 6.92 Å². The second kappa shape index (κ2) is 3.37. The number of rotatable bonds is 2. The molecule has 0 radical (unpaired) electrons. The number of benzene rings is 1. The Morgan fingerprint density at radius 3 is 2.30 bits per heavy atom. The minimum absolute atomic E-state index is 1.08. The first kappa shape index (κ1) is 7.29. The lowest BCUT2D eigenvalue weighted by Crippen LogP contribution is -2.77. The van der Waals surface area contributed by atoms with E-state index in [-0.39, 0.29) is 0 Å². The van der Waals surface area contributed by atoms with Crippen LogP contribution in [-0.4, -0.2) is 7.05 Å². The quantitative estimate of drug-likeness (QED) is 0.616. The molecule has 0 saturated carbocycles. The van der Waals surface area contributed by atoms with Crippen molar-refractivity contribution in [3.8, 4) is 0 Å². The van der Waals surface area contributed by atoms with Crippen molar-refractivity contribution in [3.63, 3.8) is 0 Å². The SMILES string of the molecule is C[NH2+]Cc1ccc(C)cc1. The number of aryl methyl sites for hydroxylation is 1. The number of hydrogen-bond acceptors (Lipinski definition) is 0. The highest BCUT2D eigenvalue weighted by molar-refractivity contribution is 5.20. The molecule has 2 N–H and O–H groups in total. The summed E-state index contributed by atoms with van der Waals surface area (Å²) in [5, 5.41) is 2.17. The Balaban J connectivity index is 2.69. The van der Waals surface area contributed by atoms with Gasteiger partial charge in [-0.1, -0.05) is 29.8 Å². The van der Waals surface area contributed by atoms with Gasteiger partial charge in [-0.25, -0.2) is 0 Å². The molecule has 1 heteroatoms. The van der Waals surface area contributed by atoms with E-state index in [1.807, 2.05) is 0 Å². The van der Waals surface area contributed by atoms with Crippen LogP contribution < -0.4 is 5.32 Å². The van der Waals surface area contributed by atoms with Gasteiger partial charge < -0.3 is 5.32 Å². The molecule has 0 spiro atoms. The van der Waals surface area contributed by atoms with Crippen molar-refractivity contribution in [2.75, 3.05) is 7.05 Å². The van der Waals surface area contributed by atoms with Crippen LogP contribution in [-0.2, 0) is 6.54 Å². The van der Waals surface area contributed by atoms with Crippen LogP contribution in [0.25, 0.3) is 0 Å². The minimum atomic E-state index is 1.08. The van der Waals surface area contributed by atoms with Crippen molar-refractivity contribution >= 4 is 0 Å². The van der Waals surface area contributed by atoms with Crippen LogP contribution >= 0.6 is 0 Å². The van der Waals surface area contributed by atoms with Crippen molar-refractivity contribution in [1.29, 1.82) is 0 Å². The van der Waals surface area contributed by atoms with Gasteiger partial charge in [0.1, 0.15) is 6.54 Å². The first-order valence-electron chi connectivity index (χ1n) is 3.66. The fourth-order valence-electron chi connectivity index (χ4n) is 0.960. The van der Waals surface area contributed by atoms with Crippen molar-refractivity contribution < 1.29 is 5.32 Å². The Morgan fingerprint density at radius 1 is 1.20 bits per heavy atom. The highest BCUT2D eigenvalue weighted by Crippen LogP contribution is 2.00. The summed E-state index contributed by atoms with van der Waals surface area (Å²) < 4.78 is 0. The second-order valence-corrected chi connectivity index (χ2v) is 2.60. The molecule has 1 nitrogen and oxygen atoms in total. The van der Waals surface area contributed by atoms with E-state index in [1.165, 1.54) is 11.1 Å². The maximum absolute atomic E-state index is 2.18. The molecule has 0 atom stereocenters. The molecule has 1 aromatic carbocycles. The Labute approximate surface area is 62.1 Å². The summed E-state index contributed by atoms with van der Waals surface area (Å²) in [6.07, 6.45) is 0. The molecule has 0 aliphatic heterocycles. The monoisotopic (exact) mass is 136 g/mol. The van der Waals surface area contributed by atoms with E-state index in [4.69, 9.17) is 0 Å². The van der Waals surface area contributed by atoms with Gasteiger partial charge in [-0.3, -0.25) is 0 Å². The van der Waals surface area contributed by atoms with Crippen LogP contribution in [0.5, 0.6) is 0 Å². The Hall–Kier alpha value is -0.820. The van der Waals surface area contributed by atoms with Crippen LogP contribution in [0.1, 0.15) is 11.1 Å². The third-order valence-electron chi connectivity index (χ3n) is 1.56.